The SMILES string of the molecule is COc1cc(NCCOCC(F)(F)F)cc(OC)c1. The molecule has 19 heavy (non-hydrogen) atoms. The van der Waals surface area contributed by atoms with Gasteiger partial charge in [-0.2, -0.15) is 13.2 Å². The van der Waals surface area contributed by atoms with E-state index in [4.69, 9.17) is 9.47 Å². The maximum Gasteiger partial charge on any atom is 0.411 e. The number of anilines is 1. The van der Waals surface area contributed by atoms with Gasteiger partial charge in [0.2, 0.25) is 0 Å². The van der Waals surface area contributed by atoms with Crippen molar-refractivity contribution in [3.8, 4) is 11.5 Å². The maximum absolute atomic E-state index is 11.8. The molecular weight excluding hydrogens is 263 g/mol. The smallest absolute Gasteiger partial charge is 0.411 e. The zero-order valence-electron chi connectivity index (χ0n) is 10.7. The van der Waals surface area contributed by atoms with Crippen molar-refractivity contribution in [2.45, 2.75) is 6.18 Å². The number of benzene rings is 1. The van der Waals surface area contributed by atoms with Gasteiger partial charge in [0.15, 0.2) is 0 Å². The van der Waals surface area contributed by atoms with Gasteiger partial charge < -0.3 is 19.5 Å². The fourth-order valence-corrected chi connectivity index (χ4v) is 1.36. The van der Waals surface area contributed by atoms with Crippen LogP contribution in [-0.4, -0.2) is 40.2 Å². The van der Waals surface area contributed by atoms with E-state index in [9.17, 15) is 13.2 Å². The Morgan fingerprint density at radius 2 is 1.63 bits per heavy atom. The standard InChI is InChI=1S/C12H16F3NO3/c1-17-10-5-9(6-11(7-10)18-2)16-3-4-19-8-12(13,14)15/h5-7,16H,3-4,8H2,1-2H3. The number of hydrogen-bond acceptors (Lipinski definition) is 4. The molecule has 0 aromatic heterocycles. The van der Waals surface area contributed by atoms with Crippen molar-refractivity contribution in [2.24, 2.45) is 0 Å². The lowest BCUT2D eigenvalue weighted by molar-refractivity contribution is -0.172. The van der Waals surface area contributed by atoms with Crippen molar-refractivity contribution in [1.29, 1.82) is 0 Å². The summed E-state index contributed by atoms with van der Waals surface area (Å²) in [5.74, 6) is 1.19. The van der Waals surface area contributed by atoms with Crippen LogP contribution in [0.2, 0.25) is 0 Å². The Bertz CT molecular complexity index is 374. The van der Waals surface area contributed by atoms with Crippen LogP contribution >= 0.6 is 0 Å². The lowest BCUT2D eigenvalue weighted by Crippen LogP contribution is -2.20. The molecule has 1 N–H and O–H groups in total. The molecule has 0 saturated carbocycles. The number of hydrogen-bond donors (Lipinski definition) is 1. The molecule has 0 unspecified atom stereocenters. The second-order valence-corrected chi connectivity index (χ2v) is 3.70. The van der Waals surface area contributed by atoms with Crippen molar-refractivity contribution in [1.82, 2.24) is 0 Å². The molecule has 7 heteroatoms. The van der Waals surface area contributed by atoms with E-state index in [0.29, 0.717) is 17.2 Å². The van der Waals surface area contributed by atoms with Crippen LogP contribution in [-0.2, 0) is 4.74 Å². The second-order valence-electron chi connectivity index (χ2n) is 3.70. The lowest BCUT2D eigenvalue weighted by atomic mass is 10.2. The highest BCUT2D eigenvalue weighted by atomic mass is 19.4. The maximum atomic E-state index is 11.8. The van der Waals surface area contributed by atoms with Gasteiger partial charge in [0.05, 0.1) is 20.8 Å². The van der Waals surface area contributed by atoms with Gasteiger partial charge in [0.1, 0.15) is 18.1 Å². The summed E-state index contributed by atoms with van der Waals surface area (Å²) in [5, 5.41) is 2.93. The first kappa shape index (κ1) is 15.4. The molecule has 0 fully saturated rings. The Morgan fingerprint density at radius 1 is 1.05 bits per heavy atom. The quantitative estimate of drug-likeness (QED) is 0.779. The first-order valence-corrected chi connectivity index (χ1v) is 5.56. The summed E-state index contributed by atoms with van der Waals surface area (Å²) in [6.45, 7) is -1.03. The van der Waals surface area contributed by atoms with Crippen molar-refractivity contribution in [2.75, 3.05) is 39.3 Å². The molecule has 0 radical (unpaired) electrons. The number of nitrogens with one attached hydrogen (secondary N) is 1. The van der Waals surface area contributed by atoms with Crippen LogP contribution in [0.4, 0.5) is 18.9 Å². The van der Waals surface area contributed by atoms with Crippen molar-refractivity contribution in [3.05, 3.63) is 18.2 Å². The molecule has 4 nitrogen and oxygen atoms in total. The molecule has 0 aliphatic carbocycles. The molecule has 0 heterocycles. The van der Waals surface area contributed by atoms with Crippen molar-refractivity contribution >= 4 is 5.69 Å². The largest absolute Gasteiger partial charge is 0.497 e. The predicted octanol–water partition coefficient (Wildman–Crippen LogP) is 2.69. The Hall–Kier alpha value is -1.63. The Balaban J connectivity index is 2.40. The molecule has 0 saturated heterocycles. The summed E-state index contributed by atoms with van der Waals surface area (Å²) in [7, 11) is 3.04. The highest BCUT2D eigenvalue weighted by molar-refractivity contribution is 5.53. The normalized spacial score (nSPS) is 11.2. The van der Waals surface area contributed by atoms with E-state index in [-0.39, 0.29) is 13.2 Å². The molecule has 0 aliphatic heterocycles. The average molecular weight is 279 g/mol. The minimum Gasteiger partial charge on any atom is -0.497 e. The highest BCUT2D eigenvalue weighted by Crippen LogP contribution is 2.25. The van der Waals surface area contributed by atoms with E-state index >= 15 is 0 Å². The minimum atomic E-state index is -4.29. The monoisotopic (exact) mass is 279 g/mol. The molecular formula is C12H16F3NO3. The number of halogens is 3. The molecule has 1 aromatic rings. The fourth-order valence-electron chi connectivity index (χ4n) is 1.36. The van der Waals surface area contributed by atoms with Crippen LogP contribution < -0.4 is 14.8 Å². The van der Waals surface area contributed by atoms with E-state index in [1.54, 1.807) is 18.2 Å². The Morgan fingerprint density at radius 3 is 2.11 bits per heavy atom. The summed E-state index contributed by atoms with van der Waals surface area (Å²) >= 11 is 0. The molecule has 0 aliphatic rings. The topological polar surface area (TPSA) is 39.7 Å². The zero-order valence-corrected chi connectivity index (χ0v) is 10.7. The first-order valence-electron chi connectivity index (χ1n) is 5.56. The Kier molecular flexibility index (Phi) is 5.75. The summed E-state index contributed by atoms with van der Waals surface area (Å²) in [6.07, 6.45) is -4.29. The molecule has 0 spiro atoms. The number of methoxy groups -OCH3 is 2. The molecule has 1 aromatic carbocycles. The van der Waals surface area contributed by atoms with Crippen LogP contribution in [0.3, 0.4) is 0 Å². The Labute approximate surface area is 109 Å². The number of ether oxygens (including phenoxy) is 3. The fraction of sp³-hybridized carbons (Fsp3) is 0.500. The van der Waals surface area contributed by atoms with Gasteiger partial charge in [0, 0.05) is 30.4 Å². The van der Waals surface area contributed by atoms with Crippen LogP contribution in [0.1, 0.15) is 0 Å². The summed E-state index contributed by atoms with van der Waals surface area (Å²) < 4.78 is 50.1. The predicted molar refractivity (Wildman–Crippen MR) is 64.9 cm³/mol. The van der Waals surface area contributed by atoms with Crippen LogP contribution in [0.5, 0.6) is 11.5 Å². The summed E-state index contributed by atoms with van der Waals surface area (Å²) in [4.78, 5) is 0. The second kappa shape index (κ2) is 7.08. The van der Waals surface area contributed by atoms with Gasteiger partial charge in [-0.3, -0.25) is 0 Å². The zero-order chi connectivity index (χ0) is 14.3. The van der Waals surface area contributed by atoms with Gasteiger partial charge >= 0.3 is 6.18 Å². The van der Waals surface area contributed by atoms with E-state index in [1.807, 2.05) is 0 Å². The molecule has 1 rings (SSSR count). The third-order valence-corrected chi connectivity index (χ3v) is 2.19. The van der Waals surface area contributed by atoms with Gasteiger partial charge in [-0.25, -0.2) is 0 Å². The summed E-state index contributed by atoms with van der Waals surface area (Å²) in [5.41, 5.74) is 0.687. The van der Waals surface area contributed by atoms with E-state index in [0.717, 1.165) is 0 Å². The van der Waals surface area contributed by atoms with Gasteiger partial charge in [-0.1, -0.05) is 0 Å². The van der Waals surface area contributed by atoms with Gasteiger partial charge in [0.25, 0.3) is 0 Å². The number of alkyl halides is 3. The molecule has 108 valence electrons. The molecule has 0 atom stereocenters. The third kappa shape index (κ3) is 6.19. The minimum absolute atomic E-state index is 0.0426. The summed E-state index contributed by atoms with van der Waals surface area (Å²) in [6, 6.07) is 5.13. The van der Waals surface area contributed by atoms with Crippen molar-refractivity contribution in [3.63, 3.8) is 0 Å². The van der Waals surface area contributed by atoms with Crippen LogP contribution in [0, 0.1) is 0 Å². The van der Waals surface area contributed by atoms with E-state index < -0.39 is 12.8 Å². The van der Waals surface area contributed by atoms with E-state index in [2.05, 4.69) is 10.1 Å². The molecule has 0 amide bonds. The third-order valence-electron chi connectivity index (χ3n) is 2.19. The van der Waals surface area contributed by atoms with Crippen LogP contribution in [0.15, 0.2) is 18.2 Å². The highest BCUT2D eigenvalue weighted by Gasteiger charge is 2.27. The van der Waals surface area contributed by atoms with E-state index in [1.165, 1.54) is 14.2 Å². The van der Waals surface area contributed by atoms with Crippen LogP contribution in [0.25, 0.3) is 0 Å². The first-order chi connectivity index (χ1) is 8.94. The number of rotatable bonds is 7. The van der Waals surface area contributed by atoms with Gasteiger partial charge in [-0.05, 0) is 0 Å². The lowest BCUT2D eigenvalue weighted by Gasteiger charge is -2.11. The molecule has 0 bridgehead atoms. The average Bonchev–Trinajstić information content (AvgIpc) is 2.36. The van der Waals surface area contributed by atoms with Crippen molar-refractivity contribution < 1.29 is 27.4 Å². The van der Waals surface area contributed by atoms with Gasteiger partial charge in [-0.15, -0.1) is 0 Å².